The summed E-state index contributed by atoms with van der Waals surface area (Å²) >= 11 is 0. The standard InChI is InChI=1S/C28H33N3O9S/c29-27(37)21-24(34)22(30-14-5-9-41(39,40)10-6-14)16-12-13-11-15-17(31-7-1-2-8-31)3-4-18(32)20(15)23(33)19(13)25(35)28(16,38)26(21)36/h3-4,13-14,16,22,30,32-33,36,38H,1-2,5-12H2,(H2,29,37)/t13-,16-,22+,28-/m0/s1. The number of primary amides is 1. The molecule has 5 aliphatic rings. The van der Waals surface area contributed by atoms with Gasteiger partial charge >= 0.3 is 0 Å². The maximum Gasteiger partial charge on any atom is 0.255 e. The Bertz CT molecular complexity index is 1530. The Hall–Kier alpha value is -3.42. The molecule has 0 aromatic heterocycles. The number of sulfone groups is 1. The van der Waals surface area contributed by atoms with Crippen LogP contribution in [0.3, 0.4) is 0 Å². The minimum atomic E-state index is -3.22. The van der Waals surface area contributed by atoms with E-state index in [1.165, 1.54) is 6.07 Å². The molecule has 2 saturated heterocycles. The average molecular weight is 588 g/mol. The summed E-state index contributed by atoms with van der Waals surface area (Å²) in [5.74, 6) is -7.31. The first-order valence-corrected chi connectivity index (χ1v) is 15.7. The van der Waals surface area contributed by atoms with Gasteiger partial charge in [0.15, 0.2) is 11.4 Å². The van der Waals surface area contributed by atoms with Gasteiger partial charge in [-0.1, -0.05) is 0 Å². The number of nitrogens with one attached hydrogen (secondary N) is 1. The van der Waals surface area contributed by atoms with Crippen molar-refractivity contribution >= 4 is 38.8 Å². The van der Waals surface area contributed by atoms with Gasteiger partial charge in [-0.15, -0.1) is 0 Å². The maximum atomic E-state index is 14.1. The lowest BCUT2D eigenvalue weighted by atomic mass is 9.57. The number of aromatic hydroxyl groups is 1. The molecule has 1 amide bonds. The largest absolute Gasteiger partial charge is 0.508 e. The van der Waals surface area contributed by atoms with E-state index in [4.69, 9.17) is 5.73 Å². The topological polar surface area (TPSA) is 208 Å². The summed E-state index contributed by atoms with van der Waals surface area (Å²) in [6, 6.07) is 1.44. The molecule has 7 N–H and O–H groups in total. The van der Waals surface area contributed by atoms with Gasteiger partial charge in [-0.3, -0.25) is 14.4 Å². The van der Waals surface area contributed by atoms with E-state index in [2.05, 4.69) is 10.2 Å². The van der Waals surface area contributed by atoms with Crippen LogP contribution < -0.4 is 16.0 Å². The van der Waals surface area contributed by atoms with Crippen molar-refractivity contribution in [1.82, 2.24) is 5.32 Å². The van der Waals surface area contributed by atoms with E-state index in [9.17, 15) is 43.2 Å². The zero-order valence-electron chi connectivity index (χ0n) is 22.3. The summed E-state index contributed by atoms with van der Waals surface area (Å²) in [6.07, 6.45) is 2.56. The SMILES string of the molecule is NC(=O)C1=C(O)[C@@]2(O)C(=O)C3=C(O)c4c(O)ccc(N5CCCC5)c4C[C@H]3C[C@H]2[C@@H](NC2CCS(=O)(=O)CC2)C1=O. The van der Waals surface area contributed by atoms with Gasteiger partial charge in [0, 0.05) is 36.3 Å². The number of hydrogen-bond donors (Lipinski definition) is 6. The molecule has 6 rings (SSSR count). The quantitative estimate of drug-likeness (QED) is 0.262. The molecule has 0 bridgehead atoms. The van der Waals surface area contributed by atoms with Crippen molar-refractivity contribution in [2.45, 2.75) is 56.2 Å². The number of carbonyl (C=O) groups excluding carboxylic acids is 3. The molecule has 0 spiro atoms. The van der Waals surface area contributed by atoms with E-state index >= 15 is 0 Å². The highest BCUT2D eigenvalue weighted by Crippen LogP contribution is 2.53. The molecule has 3 aliphatic carbocycles. The van der Waals surface area contributed by atoms with Gasteiger partial charge in [-0.2, -0.15) is 0 Å². The van der Waals surface area contributed by atoms with E-state index in [0.717, 1.165) is 31.6 Å². The van der Waals surface area contributed by atoms with E-state index < -0.39 is 73.9 Å². The molecule has 2 aliphatic heterocycles. The van der Waals surface area contributed by atoms with Crippen molar-refractivity contribution in [2.75, 3.05) is 29.5 Å². The Labute approximate surface area is 236 Å². The number of phenolic OH excluding ortho intramolecular Hbond substituents is 1. The molecule has 1 saturated carbocycles. The number of benzene rings is 1. The molecular formula is C28H33N3O9S. The molecule has 13 heteroatoms. The van der Waals surface area contributed by atoms with Crippen LogP contribution in [0, 0.1) is 11.8 Å². The number of aliphatic hydroxyl groups is 3. The normalized spacial score (nSPS) is 31.6. The highest BCUT2D eigenvalue weighted by atomic mass is 32.2. The second-order valence-corrected chi connectivity index (χ2v) is 14.1. The Kier molecular flexibility index (Phi) is 6.47. The molecule has 0 unspecified atom stereocenters. The van der Waals surface area contributed by atoms with Crippen LogP contribution in [0.2, 0.25) is 0 Å². The van der Waals surface area contributed by atoms with Crippen molar-refractivity contribution < 1.29 is 43.2 Å². The number of nitrogens with zero attached hydrogens (tertiary/aromatic N) is 1. The highest BCUT2D eigenvalue weighted by molar-refractivity contribution is 7.91. The van der Waals surface area contributed by atoms with Crippen molar-refractivity contribution in [3.8, 4) is 5.75 Å². The first-order valence-electron chi connectivity index (χ1n) is 13.9. The number of nitrogens with two attached hydrogens (primary N) is 1. The van der Waals surface area contributed by atoms with E-state index in [-0.39, 0.29) is 54.1 Å². The van der Waals surface area contributed by atoms with E-state index in [0.29, 0.717) is 5.56 Å². The third-order valence-electron chi connectivity index (χ3n) is 9.47. The minimum absolute atomic E-state index is 0.0271. The summed E-state index contributed by atoms with van der Waals surface area (Å²) < 4.78 is 23.9. The van der Waals surface area contributed by atoms with Gasteiger partial charge < -0.3 is 36.4 Å². The van der Waals surface area contributed by atoms with Crippen molar-refractivity contribution in [3.05, 3.63) is 40.2 Å². The van der Waals surface area contributed by atoms with Crippen molar-refractivity contribution in [2.24, 2.45) is 17.6 Å². The predicted octanol–water partition coefficient (Wildman–Crippen LogP) is 0.169. The minimum Gasteiger partial charge on any atom is -0.508 e. The Balaban J connectivity index is 1.46. The number of anilines is 1. The zero-order chi connectivity index (χ0) is 29.4. The number of carbonyl (C=O) groups is 3. The van der Waals surface area contributed by atoms with Gasteiger partial charge in [-0.05, 0) is 62.1 Å². The van der Waals surface area contributed by atoms with Crippen LogP contribution in [-0.4, -0.2) is 88.6 Å². The molecule has 41 heavy (non-hydrogen) atoms. The summed E-state index contributed by atoms with van der Waals surface area (Å²) in [6.45, 7) is 1.60. The Morgan fingerprint density at radius 3 is 2.37 bits per heavy atom. The molecule has 220 valence electrons. The molecule has 12 nitrogen and oxygen atoms in total. The van der Waals surface area contributed by atoms with Gasteiger partial charge in [-0.25, -0.2) is 8.42 Å². The predicted molar refractivity (Wildman–Crippen MR) is 147 cm³/mol. The first-order chi connectivity index (χ1) is 19.3. The number of fused-ring (bicyclic) bond motifs is 3. The molecular weight excluding hydrogens is 554 g/mol. The lowest BCUT2D eigenvalue weighted by Gasteiger charge is -2.50. The number of Topliss-reactive ketones (excluding diaryl/α,β-unsaturated/α-hetero) is 2. The summed E-state index contributed by atoms with van der Waals surface area (Å²) in [5, 5.41) is 48.2. The van der Waals surface area contributed by atoms with Gasteiger partial charge in [0.1, 0.15) is 32.7 Å². The van der Waals surface area contributed by atoms with E-state index in [1.54, 1.807) is 6.07 Å². The van der Waals surface area contributed by atoms with E-state index in [1.807, 2.05) is 0 Å². The lowest BCUT2D eigenvalue weighted by Crippen LogP contribution is -2.67. The third-order valence-corrected chi connectivity index (χ3v) is 11.2. The van der Waals surface area contributed by atoms with Crippen LogP contribution in [0.1, 0.15) is 43.2 Å². The molecule has 1 aromatic carbocycles. The zero-order valence-corrected chi connectivity index (χ0v) is 23.1. The second kappa shape index (κ2) is 9.57. The number of ketones is 2. The third kappa shape index (κ3) is 4.16. The van der Waals surface area contributed by atoms with Gasteiger partial charge in [0.25, 0.3) is 5.91 Å². The number of amides is 1. The molecule has 1 aromatic rings. The summed E-state index contributed by atoms with van der Waals surface area (Å²) in [5.41, 5.74) is 3.12. The fourth-order valence-corrected chi connectivity index (χ4v) is 8.91. The Morgan fingerprint density at radius 2 is 1.73 bits per heavy atom. The number of rotatable bonds is 4. The average Bonchev–Trinajstić information content (AvgIpc) is 3.44. The smallest absolute Gasteiger partial charge is 0.255 e. The number of hydrogen-bond acceptors (Lipinski definition) is 11. The first kappa shape index (κ1) is 27.7. The molecule has 0 radical (unpaired) electrons. The molecule has 3 fully saturated rings. The fourth-order valence-electron chi connectivity index (χ4n) is 7.42. The van der Waals surface area contributed by atoms with Gasteiger partial charge in [0.2, 0.25) is 5.78 Å². The second-order valence-electron chi connectivity index (χ2n) is 11.8. The summed E-state index contributed by atoms with van der Waals surface area (Å²) in [4.78, 5) is 42.1. The molecule has 4 atom stereocenters. The van der Waals surface area contributed by atoms with Crippen LogP contribution in [0.15, 0.2) is 29.0 Å². The summed E-state index contributed by atoms with van der Waals surface area (Å²) in [7, 11) is -3.22. The van der Waals surface area contributed by atoms with Crippen molar-refractivity contribution in [1.29, 1.82) is 0 Å². The van der Waals surface area contributed by atoms with Gasteiger partial charge in [0.05, 0.1) is 23.1 Å². The molecule has 2 heterocycles. The highest BCUT2D eigenvalue weighted by Gasteiger charge is 2.64. The van der Waals surface area contributed by atoms with Crippen LogP contribution in [-0.2, 0) is 30.6 Å². The van der Waals surface area contributed by atoms with Crippen LogP contribution >= 0.6 is 0 Å². The number of aliphatic hydroxyl groups excluding tert-OH is 2. The Morgan fingerprint density at radius 1 is 1.07 bits per heavy atom. The van der Waals surface area contributed by atoms with Crippen molar-refractivity contribution in [3.63, 3.8) is 0 Å². The van der Waals surface area contributed by atoms with Crippen LogP contribution in [0.5, 0.6) is 5.75 Å². The monoisotopic (exact) mass is 587 g/mol. The number of phenols is 1. The maximum absolute atomic E-state index is 14.1. The fraction of sp³-hybridized carbons (Fsp3) is 0.536. The van der Waals surface area contributed by atoms with Crippen LogP contribution in [0.25, 0.3) is 5.76 Å². The lowest BCUT2D eigenvalue weighted by molar-refractivity contribution is -0.150. The van der Waals surface area contributed by atoms with Crippen LogP contribution in [0.4, 0.5) is 5.69 Å².